The highest BCUT2D eigenvalue weighted by Gasteiger charge is 2.23. The predicted molar refractivity (Wildman–Crippen MR) is 78.2 cm³/mol. The van der Waals surface area contributed by atoms with E-state index in [2.05, 4.69) is 38.1 Å². The zero-order chi connectivity index (χ0) is 12.7. The number of amides is 1. The lowest BCUT2D eigenvalue weighted by Crippen LogP contribution is -2.27. The van der Waals surface area contributed by atoms with Gasteiger partial charge in [-0.15, -0.1) is 11.3 Å². The third-order valence-electron chi connectivity index (χ3n) is 3.37. The smallest absolute Gasteiger partial charge is 0.267 e. The molecule has 1 N–H and O–H groups in total. The second-order valence-corrected chi connectivity index (χ2v) is 6.49. The van der Waals surface area contributed by atoms with Gasteiger partial charge in [0.15, 0.2) is 0 Å². The fourth-order valence-corrected chi connectivity index (χ4v) is 3.89. The molecule has 3 nitrogen and oxygen atoms in total. The fourth-order valence-electron chi connectivity index (χ4n) is 2.20. The van der Waals surface area contributed by atoms with E-state index in [0.29, 0.717) is 5.92 Å². The highest BCUT2D eigenvalue weighted by molar-refractivity contribution is 9.10. The highest BCUT2D eigenvalue weighted by Crippen LogP contribution is 2.33. The Kier molecular flexibility index (Phi) is 3.20. The van der Waals surface area contributed by atoms with Crippen molar-refractivity contribution in [3.05, 3.63) is 21.6 Å². The van der Waals surface area contributed by atoms with Gasteiger partial charge in [-0.1, -0.05) is 0 Å². The van der Waals surface area contributed by atoms with Crippen LogP contribution in [0.4, 0.5) is 0 Å². The van der Waals surface area contributed by atoms with Crippen molar-refractivity contribution in [2.75, 3.05) is 6.54 Å². The lowest BCUT2D eigenvalue weighted by molar-refractivity contribution is 0.0943. The zero-order valence-electron chi connectivity index (χ0n) is 10.2. The number of carbonyl (C=O) groups is 1. The van der Waals surface area contributed by atoms with Crippen molar-refractivity contribution in [2.24, 2.45) is 5.92 Å². The first-order valence-electron chi connectivity index (χ1n) is 6.25. The highest BCUT2D eigenvalue weighted by atomic mass is 79.9. The molecule has 96 valence electrons. The second kappa shape index (κ2) is 4.70. The number of thiophene rings is 1. The van der Waals surface area contributed by atoms with Crippen LogP contribution in [0.3, 0.4) is 0 Å². The third kappa shape index (κ3) is 2.10. The van der Waals surface area contributed by atoms with Crippen molar-refractivity contribution in [1.29, 1.82) is 0 Å². The summed E-state index contributed by atoms with van der Waals surface area (Å²) in [6, 6.07) is 2.00. The van der Waals surface area contributed by atoms with Crippen molar-refractivity contribution in [2.45, 2.75) is 26.3 Å². The largest absolute Gasteiger partial charge is 0.350 e. The summed E-state index contributed by atoms with van der Waals surface area (Å²) in [6.45, 7) is 3.70. The van der Waals surface area contributed by atoms with Crippen LogP contribution >= 0.6 is 27.3 Å². The van der Waals surface area contributed by atoms with Gasteiger partial charge in [-0.05, 0) is 47.7 Å². The van der Waals surface area contributed by atoms with E-state index in [4.69, 9.17) is 0 Å². The van der Waals surface area contributed by atoms with Crippen molar-refractivity contribution >= 4 is 43.4 Å². The Balaban J connectivity index is 1.91. The van der Waals surface area contributed by atoms with Gasteiger partial charge in [0, 0.05) is 18.5 Å². The number of fused-ring (bicyclic) bond motifs is 1. The Bertz CT molecular complexity index is 597. The number of rotatable bonds is 4. The minimum atomic E-state index is 0.0547. The molecule has 1 aliphatic rings. The van der Waals surface area contributed by atoms with Gasteiger partial charge < -0.3 is 9.88 Å². The molecule has 0 bridgehead atoms. The third-order valence-corrected chi connectivity index (χ3v) is 5.20. The molecule has 2 aromatic heterocycles. The maximum Gasteiger partial charge on any atom is 0.267 e. The van der Waals surface area contributed by atoms with E-state index in [9.17, 15) is 4.79 Å². The molecule has 5 heteroatoms. The summed E-state index contributed by atoms with van der Waals surface area (Å²) in [6.07, 6.45) is 2.52. The van der Waals surface area contributed by atoms with E-state index >= 15 is 0 Å². The molecule has 3 rings (SSSR count). The van der Waals surface area contributed by atoms with Crippen LogP contribution in [0.25, 0.3) is 10.2 Å². The molecule has 0 unspecified atom stereocenters. The number of aryl methyl sites for hydroxylation is 1. The average molecular weight is 327 g/mol. The Morgan fingerprint density at radius 2 is 2.39 bits per heavy atom. The van der Waals surface area contributed by atoms with Gasteiger partial charge in [-0.3, -0.25) is 4.79 Å². The number of hydrogen-bond acceptors (Lipinski definition) is 2. The van der Waals surface area contributed by atoms with E-state index in [-0.39, 0.29) is 5.91 Å². The maximum atomic E-state index is 12.2. The van der Waals surface area contributed by atoms with Crippen LogP contribution in [0.1, 0.15) is 30.3 Å². The quantitative estimate of drug-likeness (QED) is 0.914. The van der Waals surface area contributed by atoms with Gasteiger partial charge in [0.2, 0.25) is 0 Å². The van der Waals surface area contributed by atoms with Crippen LogP contribution in [0.15, 0.2) is 15.9 Å². The Labute approximate surface area is 118 Å². The van der Waals surface area contributed by atoms with Gasteiger partial charge >= 0.3 is 0 Å². The lowest BCUT2D eigenvalue weighted by atomic mass is 10.3. The van der Waals surface area contributed by atoms with E-state index in [1.807, 2.05) is 6.07 Å². The standard InChI is InChI=1S/C13H15BrN2OS/c1-2-16-10(13(17)15-6-8-3-4-8)5-11-12(16)9(14)7-18-11/h5,7-8H,2-4,6H2,1H3,(H,15,17). The topological polar surface area (TPSA) is 34.0 Å². The van der Waals surface area contributed by atoms with E-state index < -0.39 is 0 Å². The molecule has 1 amide bonds. The molecule has 2 heterocycles. The normalized spacial score (nSPS) is 15.2. The minimum Gasteiger partial charge on any atom is -0.350 e. The van der Waals surface area contributed by atoms with Crippen LogP contribution in [0, 0.1) is 5.92 Å². The summed E-state index contributed by atoms with van der Waals surface area (Å²) < 4.78 is 4.32. The van der Waals surface area contributed by atoms with Crippen LogP contribution < -0.4 is 5.32 Å². The van der Waals surface area contributed by atoms with Gasteiger partial charge in [-0.25, -0.2) is 0 Å². The van der Waals surface area contributed by atoms with E-state index in [1.165, 1.54) is 17.5 Å². The molecule has 0 atom stereocenters. The molecular weight excluding hydrogens is 312 g/mol. The van der Waals surface area contributed by atoms with Gasteiger partial charge in [-0.2, -0.15) is 0 Å². The first kappa shape index (κ1) is 12.2. The first-order chi connectivity index (χ1) is 8.70. The number of carbonyl (C=O) groups excluding carboxylic acids is 1. The number of halogens is 1. The summed E-state index contributed by atoms with van der Waals surface area (Å²) in [7, 11) is 0. The molecule has 1 aliphatic carbocycles. The summed E-state index contributed by atoms with van der Waals surface area (Å²) in [4.78, 5) is 12.2. The zero-order valence-corrected chi connectivity index (χ0v) is 12.6. The molecule has 0 radical (unpaired) electrons. The number of aromatic nitrogens is 1. The molecule has 1 fully saturated rings. The predicted octanol–water partition coefficient (Wildman–Crippen LogP) is 3.63. The molecule has 1 saturated carbocycles. The monoisotopic (exact) mass is 326 g/mol. The Morgan fingerprint density at radius 1 is 1.61 bits per heavy atom. The van der Waals surface area contributed by atoms with Crippen molar-refractivity contribution in [3.63, 3.8) is 0 Å². The average Bonchev–Trinajstić information content (AvgIpc) is 3.02. The lowest BCUT2D eigenvalue weighted by Gasteiger charge is -2.08. The molecule has 18 heavy (non-hydrogen) atoms. The van der Waals surface area contributed by atoms with Crippen LogP contribution in [-0.2, 0) is 6.54 Å². The van der Waals surface area contributed by atoms with E-state index in [0.717, 1.165) is 28.8 Å². The molecule has 2 aromatic rings. The number of nitrogens with zero attached hydrogens (tertiary/aromatic N) is 1. The Morgan fingerprint density at radius 3 is 3.06 bits per heavy atom. The fraction of sp³-hybridized carbons (Fsp3) is 0.462. The minimum absolute atomic E-state index is 0.0547. The second-order valence-electron chi connectivity index (χ2n) is 4.72. The summed E-state index contributed by atoms with van der Waals surface area (Å²) in [5, 5.41) is 5.11. The van der Waals surface area contributed by atoms with Crippen LogP contribution in [0.5, 0.6) is 0 Å². The summed E-state index contributed by atoms with van der Waals surface area (Å²) in [5.74, 6) is 0.769. The SMILES string of the molecule is CCn1c(C(=O)NCC2CC2)cc2scc(Br)c21. The van der Waals surface area contributed by atoms with Crippen LogP contribution in [0.2, 0.25) is 0 Å². The van der Waals surface area contributed by atoms with Crippen molar-refractivity contribution < 1.29 is 4.79 Å². The first-order valence-corrected chi connectivity index (χ1v) is 7.92. The maximum absolute atomic E-state index is 12.2. The Hall–Kier alpha value is -0.810. The summed E-state index contributed by atoms with van der Waals surface area (Å²) >= 11 is 5.22. The molecular formula is C13H15BrN2OS. The summed E-state index contributed by atoms with van der Waals surface area (Å²) in [5.41, 5.74) is 1.92. The van der Waals surface area contributed by atoms with E-state index in [1.54, 1.807) is 11.3 Å². The van der Waals surface area contributed by atoms with Crippen molar-refractivity contribution in [1.82, 2.24) is 9.88 Å². The van der Waals surface area contributed by atoms with Crippen molar-refractivity contribution in [3.8, 4) is 0 Å². The van der Waals surface area contributed by atoms with Crippen LogP contribution in [-0.4, -0.2) is 17.0 Å². The number of nitrogens with one attached hydrogen (secondary N) is 1. The molecule has 0 aliphatic heterocycles. The number of hydrogen-bond donors (Lipinski definition) is 1. The van der Waals surface area contributed by atoms with Gasteiger partial charge in [0.25, 0.3) is 5.91 Å². The van der Waals surface area contributed by atoms with Gasteiger partial charge in [0.1, 0.15) is 5.69 Å². The van der Waals surface area contributed by atoms with Gasteiger partial charge in [0.05, 0.1) is 14.7 Å². The molecule has 0 aromatic carbocycles. The molecule has 0 saturated heterocycles. The molecule has 0 spiro atoms.